The quantitative estimate of drug-likeness (QED) is 0.608. The van der Waals surface area contributed by atoms with E-state index in [1.165, 1.54) is 0 Å². The number of hydrogen-bond acceptors (Lipinski definition) is 4. The zero-order valence-electron chi connectivity index (χ0n) is 7.92. The summed E-state index contributed by atoms with van der Waals surface area (Å²) in [7, 11) is 1.15. The molecule has 0 heterocycles. The molecule has 1 rings (SSSR count). The van der Waals surface area contributed by atoms with E-state index in [1.54, 1.807) is 0 Å². The fraction of sp³-hybridized carbons (Fsp3) is 0.222. The van der Waals surface area contributed by atoms with Crippen LogP contribution in [-0.2, 0) is 9.53 Å². The van der Waals surface area contributed by atoms with Gasteiger partial charge in [0, 0.05) is 0 Å². The molecule has 15 heavy (non-hydrogen) atoms. The second kappa shape index (κ2) is 4.59. The predicted octanol–water partition coefficient (Wildman–Crippen LogP) is 1.10. The molecule has 2 N–H and O–H groups in total. The number of halogens is 2. The molecule has 82 valence electrons. The molecule has 0 spiro atoms. The van der Waals surface area contributed by atoms with E-state index in [4.69, 9.17) is 5.73 Å². The van der Waals surface area contributed by atoms with Crippen LogP contribution in [0.4, 0.5) is 14.5 Å². The normalized spacial score (nSPS) is 9.80. The number of anilines is 1. The van der Waals surface area contributed by atoms with Crippen molar-refractivity contribution in [3.8, 4) is 5.75 Å². The molecule has 0 saturated heterocycles. The van der Waals surface area contributed by atoms with Crippen LogP contribution in [-0.4, -0.2) is 19.7 Å². The van der Waals surface area contributed by atoms with Crippen LogP contribution in [0.3, 0.4) is 0 Å². The fourth-order valence-electron chi connectivity index (χ4n) is 0.884. The Bertz CT molecular complexity index is 382. The molecule has 0 unspecified atom stereocenters. The largest absolute Gasteiger partial charge is 0.477 e. The van der Waals surface area contributed by atoms with Gasteiger partial charge < -0.3 is 15.2 Å². The van der Waals surface area contributed by atoms with Gasteiger partial charge in [-0.05, 0) is 12.1 Å². The Hall–Kier alpha value is -1.85. The first-order valence-corrected chi connectivity index (χ1v) is 3.99. The van der Waals surface area contributed by atoms with E-state index < -0.39 is 30.0 Å². The Labute approximate surface area is 84.6 Å². The first-order valence-electron chi connectivity index (χ1n) is 3.99. The highest BCUT2D eigenvalue weighted by Gasteiger charge is 2.14. The average Bonchev–Trinajstić information content (AvgIpc) is 2.23. The van der Waals surface area contributed by atoms with Gasteiger partial charge in [-0.2, -0.15) is 4.39 Å². The zero-order chi connectivity index (χ0) is 11.4. The molecule has 0 atom stereocenters. The van der Waals surface area contributed by atoms with Crippen molar-refractivity contribution < 1.29 is 23.0 Å². The van der Waals surface area contributed by atoms with Crippen molar-refractivity contribution >= 4 is 11.7 Å². The molecule has 0 saturated carbocycles. The summed E-state index contributed by atoms with van der Waals surface area (Å²) in [6.45, 7) is -0.527. The molecule has 0 aliphatic carbocycles. The number of carbonyl (C=O) groups excluding carboxylic acids is 1. The summed E-state index contributed by atoms with van der Waals surface area (Å²) in [6, 6.07) is 2.01. The highest BCUT2D eigenvalue weighted by atomic mass is 19.2. The zero-order valence-corrected chi connectivity index (χ0v) is 7.92. The molecule has 0 aliphatic rings. The molecule has 0 aliphatic heterocycles. The van der Waals surface area contributed by atoms with E-state index in [2.05, 4.69) is 9.47 Å². The Morgan fingerprint density at radius 1 is 1.47 bits per heavy atom. The van der Waals surface area contributed by atoms with Crippen molar-refractivity contribution in [3.05, 3.63) is 23.8 Å². The highest BCUT2D eigenvalue weighted by molar-refractivity contribution is 5.71. The number of ether oxygens (including phenoxy) is 2. The number of methoxy groups -OCH3 is 1. The van der Waals surface area contributed by atoms with Gasteiger partial charge in [-0.3, -0.25) is 0 Å². The first-order chi connectivity index (χ1) is 7.06. The van der Waals surface area contributed by atoms with E-state index in [-0.39, 0.29) is 5.69 Å². The molecule has 1 aromatic carbocycles. The molecule has 0 amide bonds. The summed E-state index contributed by atoms with van der Waals surface area (Å²) in [6.07, 6.45) is 0. The van der Waals surface area contributed by atoms with Crippen molar-refractivity contribution in [2.75, 3.05) is 19.5 Å². The topological polar surface area (TPSA) is 61.5 Å². The molecule has 0 bridgehead atoms. The SMILES string of the molecule is COC(=O)COc1c(N)ccc(F)c1F. The second-order valence-electron chi connectivity index (χ2n) is 2.64. The predicted molar refractivity (Wildman–Crippen MR) is 48.3 cm³/mol. The molecule has 0 fully saturated rings. The van der Waals surface area contributed by atoms with Crippen LogP contribution >= 0.6 is 0 Å². The Morgan fingerprint density at radius 2 is 2.13 bits per heavy atom. The van der Waals surface area contributed by atoms with Gasteiger partial charge in [-0.25, -0.2) is 9.18 Å². The Kier molecular flexibility index (Phi) is 3.43. The van der Waals surface area contributed by atoms with Gasteiger partial charge in [0.1, 0.15) is 0 Å². The number of nitrogens with two attached hydrogens (primary N) is 1. The van der Waals surface area contributed by atoms with Crippen LogP contribution < -0.4 is 10.5 Å². The van der Waals surface area contributed by atoms with Crippen LogP contribution in [0.1, 0.15) is 0 Å². The summed E-state index contributed by atoms with van der Waals surface area (Å²) >= 11 is 0. The number of carbonyl (C=O) groups is 1. The third-order valence-electron chi connectivity index (χ3n) is 1.64. The van der Waals surface area contributed by atoms with E-state index in [0.717, 1.165) is 19.2 Å². The monoisotopic (exact) mass is 217 g/mol. The standard InChI is InChI=1S/C9H9F2NO3/c1-14-7(13)4-15-9-6(12)3-2-5(10)8(9)11/h2-3H,4,12H2,1H3. The highest BCUT2D eigenvalue weighted by Crippen LogP contribution is 2.26. The minimum Gasteiger partial charge on any atom is -0.477 e. The summed E-state index contributed by atoms with van der Waals surface area (Å²) < 4.78 is 34.8. The molecule has 4 nitrogen and oxygen atoms in total. The van der Waals surface area contributed by atoms with Crippen molar-refractivity contribution in [3.63, 3.8) is 0 Å². The van der Waals surface area contributed by atoms with E-state index in [1.807, 2.05) is 0 Å². The Morgan fingerprint density at radius 3 is 2.73 bits per heavy atom. The molecule has 0 aromatic heterocycles. The number of esters is 1. The maximum atomic E-state index is 13.1. The van der Waals surface area contributed by atoms with Crippen molar-refractivity contribution in [1.29, 1.82) is 0 Å². The maximum absolute atomic E-state index is 13.1. The van der Waals surface area contributed by atoms with Crippen LogP contribution in [0, 0.1) is 11.6 Å². The van der Waals surface area contributed by atoms with Crippen molar-refractivity contribution in [1.82, 2.24) is 0 Å². The maximum Gasteiger partial charge on any atom is 0.343 e. The first kappa shape index (κ1) is 11.2. The van der Waals surface area contributed by atoms with Gasteiger partial charge in [0.2, 0.25) is 5.82 Å². The molecular weight excluding hydrogens is 208 g/mol. The van der Waals surface area contributed by atoms with Gasteiger partial charge in [0.25, 0.3) is 0 Å². The van der Waals surface area contributed by atoms with Gasteiger partial charge in [0.05, 0.1) is 12.8 Å². The number of benzene rings is 1. The summed E-state index contributed by atoms with van der Waals surface area (Å²) in [5.74, 6) is -3.51. The lowest BCUT2D eigenvalue weighted by molar-refractivity contribution is -0.142. The third-order valence-corrected chi connectivity index (χ3v) is 1.64. The number of hydrogen-bond donors (Lipinski definition) is 1. The lowest BCUT2D eigenvalue weighted by atomic mass is 10.3. The summed E-state index contributed by atoms with van der Waals surface area (Å²) in [4.78, 5) is 10.7. The number of rotatable bonds is 3. The summed E-state index contributed by atoms with van der Waals surface area (Å²) in [5, 5.41) is 0. The number of nitrogen functional groups attached to an aromatic ring is 1. The molecule has 6 heteroatoms. The van der Waals surface area contributed by atoms with Gasteiger partial charge in [-0.15, -0.1) is 0 Å². The van der Waals surface area contributed by atoms with E-state index >= 15 is 0 Å². The minimum atomic E-state index is -1.22. The van der Waals surface area contributed by atoms with E-state index in [9.17, 15) is 13.6 Å². The smallest absolute Gasteiger partial charge is 0.343 e. The van der Waals surface area contributed by atoms with Crippen LogP contribution in [0.2, 0.25) is 0 Å². The van der Waals surface area contributed by atoms with Crippen LogP contribution in [0.5, 0.6) is 5.75 Å². The van der Waals surface area contributed by atoms with Crippen molar-refractivity contribution in [2.45, 2.75) is 0 Å². The van der Waals surface area contributed by atoms with Gasteiger partial charge in [0.15, 0.2) is 18.2 Å². The fourth-order valence-corrected chi connectivity index (χ4v) is 0.884. The third kappa shape index (κ3) is 2.55. The minimum absolute atomic E-state index is 0.0854. The molecule has 1 aromatic rings. The van der Waals surface area contributed by atoms with Crippen molar-refractivity contribution in [2.24, 2.45) is 0 Å². The molecule has 0 radical (unpaired) electrons. The van der Waals surface area contributed by atoms with Gasteiger partial charge in [-0.1, -0.05) is 0 Å². The lowest BCUT2D eigenvalue weighted by Gasteiger charge is -2.08. The average molecular weight is 217 g/mol. The molecular formula is C9H9F2NO3. The Balaban J connectivity index is 2.84. The van der Waals surface area contributed by atoms with Gasteiger partial charge >= 0.3 is 5.97 Å². The van der Waals surface area contributed by atoms with E-state index in [0.29, 0.717) is 0 Å². The lowest BCUT2D eigenvalue weighted by Crippen LogP contribution is -2.14. The van der Waals surface area contributed by atoms with Crippen LogP contribution in [0.25, 0.3) is 0 Å². The summed E-state index contributed by atoms with van der Waals surface area (Å²) in [5.41, 5.74) is 5.25. The van der Waals surface area contributed by atoms with Crippen LogP contribution in [0.15, 0.2) is 12.1 Å². The second-order valence-corrected chi connectivity index (χ2v) is 2.64.